The molecule has 0 aliphatic heterocycles. The molecular weight excluding hydrogens is 363 g/mol. The first-order chi connectivity index (χ1) is 12.0. The summed E-state index contributed by atoms with van der Waals surface area (Å²) in [6, 6.07) is 10.9. The van der Waals surface area contributed by atoms with Crippen molar-refractivity contribution in [2.24, 2.45) is 0 Å². The quantitative estimate of drug-likeness (QED) is 0.631. The van der Waals surface area contributed by atoms with Crippen molar-refractivity contribution >= 4 is 46.0 Å². The van der Waals surface area contributed by atoms with Crippen molar-refractivity contribution in [2.45, 2.75) is 12.5 Å². The first-order valence-corrected chi connectivity index (χ1v) is 8.25. The van der Waals surface area contributed by atoms with Crippen LogP contribution < -0.4 is 5.32 Å². The molecule has 5 nitrogen and oxygen atoms in total. The molecule has 2 aromatic carbocycles. The molecule has 0 saturated carbocycles. The number of carbonyl (C=O) groups is 2. The fourth-order valence-corrected chi connectivity index (χ4v) is 3.00. The Hall–Kier alpha value is -2.50. The summed E-state index contributed by atoms with van der Waals surface area (Å²) < 4.78 is 0. The molecule has 1 aromatic heterocycles. The number of aromatic nitrogens is 1. The first kappa shape index (κ1) is 17.3. The molecule has 1 amide bonds. The van der Waals surface area contributed by atoms with E-state index in [1.165, 1.54) is 12.1 Å². The Bertz CT molecular complexity index is 952. The van der Waals surface area contributed by atoms with Gasteiger partial charge in [-0.1, -0.05) is 41.4 Å². The summed E-state index contributed by atoms with van der Waals surface area (Å²) in [5.41, 5.74) is 1.85. The lowest BCUT2D eigenvalue weighted by molar-refractivity contribution is -0.139. The Labute approximate surface area is 153 Å². The molecule has 0 spiro atoms. The molecule has 128 valence electrons. The van der Waals surface area contributed by atoms with Crippen LogP contribution in [-0.4, -0.2) is 28.0 Å². The monoisotopic (exact) mass is 376 g/mol. The second kappa shape index (κ2) is 7.17. The Balaban J connectivity index is 1.83. The third-order valence-electron chi connectivity index (χ3n) is 3.88. The normalized spacial score (nSPS) is 12.1. The van der Waals surface area contributed by atoms with Gasteiger partial charge in [-0.15, -0.1) is 0 Å². The van der Waals surface area contributed by atoms with Crippen molar-refractivity contribution in [2.75, 3.05) is 0 Å². The van der Waals surface area contributed by atoms with Crippen molar-refractivity contribution < 1.29 is 14.7 Å². The molecule has 1 heterocycles. The van der Waals surface area contributed by atoms with E-state index in [4.69, 9.17) is 23.2 Å². The third kappa shape index (κ3) is 3.78. The molecule has 0 fully saturated rings. The average molecular weight is 377 g/mol. The predicted molar refractivity (Wildman–Crippen MR) is 97.4 cm³/mol. The molecule has 3 aromatic rings. The minimum absolute atomic E-state index is 0.138. The molecule has 7 heteroatoms. The number of halogens is 2. The molecule has 0 unspecified atom stereocenters. The minimum atomic E-state index is -1.13. The lowest BCUT2D eigenvalue weighted by Gasteiger charge is -2.15. The molecule has 25 heavy (non-hydrogen) atoms. The number of amides is 1. The van der Waals surface area contributed by atoms with Gasteiger partial charge in [-0.3, -0.25) is 4.79 Å². The van der Waals surface area contributed by atoms with Crippen molar-refractivity contribution in [3.05, 3.63) is 69.8 Å². The Morgan fingerprint density at radius 2 is 1.92 bits per heavy atom. The van der Waals surface area contributed by atoms with Gasteiger partial charge in [-0.05, 0) is 29.8 Å². The lowest BCUT2D eigenvalue weighted by Crippen LogP contribution is -2.42. The van der Waals surface area contributed by atoms with E-state index in [1.54, 1.807) is 12.3 Å². The Morgan fingerprint density at radius 3 is 2.68 bits per heavy atom. The van der Waals surface area contributed by atoms with Crippen LogP contribution in [0.1, 0.15) is 15.9 Å². The maximum atomic E-state index is 12.4. The summed E-state index contributed by atoms with van der Waals surface area (Å²) in [4.78, 5) is 27.1. The van der Waals surface area contributed by atoms with Gasteiger partial charge in [0.15, 0.2) is 0 Å². The molecule has 0 aliphatic rings. The third-order valence-corrected chi connectivity index (χ3v) is 4.44. The molecule has 0 bridgehead atoms. The van der Waals surface area contributed by atoms with Crippen LogP contribution in [0, 0.1) is 0 Å². The fraction of sp³-hybridized carbons (Fsp3) is 0.111. The van der Waals surface area contributed by atoms with Crippen LogP contribution in [-0.2, 0) is 11.2 Å². The topological polar surface area (TPSA) is 82.2 Å². The largest absolute Gasteiger partial charge is 0.480 e. The predicted octanol–water partition coefficient (Wildman–Crippen LogP) is 3.90. The molecule has 3 N–H and O–H groups in total. The zero-order chi connectivity index (χ0) is 18.0. The van der Waals surface area contributed by atoms with E-state index in [9.17, 15) is 14.7 Å². The van der Waals surface area contributed by atoms with E-state index < -0.39 is 17.9 Å². The maximum absolute atomic E-state index is 12.4. The number of hydrogen-bond donors (Lipinski definition) is 3. The number of H-pyrrole nitrogens is 1. The molecule has 0 saturated heterocycles. The van der Waals surface area contributed by atoms with Gasteiger partial charge >= 0.3 is 5.97 Å². The van der Waals surface area contributed by atoms with Gasteiger partial charge in [-0.25, -0.2) is 4.79 Å². The van der Waals surface area contributed by atoms with Gasteiger partial charge in [0, 0.05) is 28.5 Å². The van der Waals surface area contributed by atoms with E-state index in [2.05, 4.69) is 10.3 Å². The summed E-state index contributed by atoms with van der Waals surface area (Å²) in [5, 5.41) is 13.5. The molecular formula is C18H14Cl2N2O3. The summed E-state index contributed by atoms with van der Waals surface area (Å²) in [6.07, 6.45) is 1.89. The number of carbonyl (C=O) groups excluding carboxylic acids is 1. The van der Waals surface area contributed by atoms with Gasteiger partial charge < -0.3 is 15.4 Å². The van der Waals surface area contributed by atoms with Gasteiger partial charge in [0.05, 0.1) is 10.6 Å². The SMILES string of the molecule is O=C(N[C@@H](Cc1c[nH]c2ccccc12)C(=O)O)c1cc(Cl)ccc1Cl. The highest BCUT2D eigenvalue weighted by molar-refractivity contribution is 6.35. The number of nitrogens with one attached hydrogen (secondary N) is 2. The molecule has 0 aliphatic carbocycles. The maximum Gasteiger partial charge on any atom is 0.326 e. The van der Waals surface area contributed by atoms with E-state index in [1.807, 2.05) is 24.3 Å². The van der Waals surface area contributed by atoms with E-state index in [-0.39, 0.29) is 17.0 Å². The fourth-order valence-electron chi connectivity index (χ4n) is 2.63. The standard InChI is InChI=1S/C18H14Cl2N2O3/c19-11-5-6-14(20)13(8-11)17(23)22-16(18(24)25)7-10-9-21-15-4-2-1-3-12(10)15/h1-6,8-9,16,21H,7H2,(H,22,23)(H,24,25)/t16-/m0/s1. The lowest BCUT2D eigenvalue weighted by atomic mass is 10.0. The van der Waals surface area contributed by atoms with E-state index in [0.29, 0.717) is 5.02 Å². The zero-order valence-corrected chi connectivity index (χ0v) is 14.4. The van der Waals surface area contributed by atoms with Crippen LogP contribution in [0.3, 0.4) is 0 Å². The number of para-hydroxylation sites is 1. The smallest absolute Gasteiger partial charge is 0.326 e. The minimum Gasteiger partial charge on any atom is -0.480 e. The van der Waals surface area contributed by atoms with E-state index >= 15 is 0 Å². The number of rotatable bonds is 5. The van der Waals surface area contributed by atoms with Crippen LogP contribution >= 0.6 is 23.2 Å². The number of carboxylic acid groups (broad SMARTS) is 1. The summed E-state index contributed by atoms with van der Waals surface area (Å²) in [6.45, 7) is 0. The van der Waals surface area contributed by atoms with Crippen LogP contribution in [0.5, 0.6) is 0 Å². The second-order valence-corrected chi connectivity index (χ2v) is 6.40. The van der Waals surface area contributed by atoms with Gasteiger partial charge in [0.25, 0.3) is 5.91 Å². The highest BCUT2D eigenvalue weighted by Gasteiger charge is 2.23. The number of carboxylic acids is 1. The van der Waals surface area contributed by atoms with Crippen LogP contribution in [0.2, 0.25) is 10.0 Å². The number of aliphatic carboxylic acids is 1. The summed E-state index contributed by atoms with van der Waals surface area (Å²) >= 11 is 11.9. The van der Waals surface area contributed by atoms with Crippen LogP contribution in [0.25, 0.3) is 10.9 Å². The number of hydrogen-bond acceptors (Lipinski definition) is 2. The summed E-state index contributed by atoms with van der Waals surface area (Å²) in [7, 11) is 0. The van der Waals surface area contributed by atoms with Crippen LogP contribution in [0.4, 0.5) is 0 Å². The highest BCUT2D eigenvalue weighted by Crippen LogP contribution is 2.22. The zero-order valence-electron chi connectivity index (χ0n) is 12.9. The number of benzene rings is 2. The molecule has 1 atom stereocenters. The number of fused-ring (bicyclic) bond motifs is 1. The average Bonchev–Trinajstić information content (AvgIpc) is 2.99. The van der Waals surface area contributed by atoms with E-state index in [0.717, 1.165) is 16.5 Å². The van der Waals surface area contributed by atoms with Crippen molar-refractivity contribution in [3.63, 3.8) is 0 Å². The van der Waals surface area contributed by atoms with Gasteiger partial charge in [0.2, 0.25) is 0 Å². The molecule has 3 rings (SSSR count). The first-order valence-electron chi connectivity index (χ1n) is 7.49. The van der Waals surface area contributed by atoms with Crippen molar-refractivity contribution in [1.82, 2.24) is 10.3 Å². The Kier molecular flexibility index (Phi) is 4.97. The van der Waals surface area contributed by atoms with Gasteiger partial charge in [0.1, 0.15) is 6.04 Å². The van der Waals surface area contributed by atoms with Crippen LogP contribution in [0.15, 0.2) is 48.7 Å². The number of aromatic amines is 1. The van der Waals surface area contributed by atoms with Crippen molar-refractivity contribution in [3.8, 4) is 0 Å². The highest BCUT2D eigenvalue weighted by atomic mass is 35.5. The molecule has 0 radical (unpaired) electrons. The summed E-state index contributed by atoms with van der Waals surface area (Å²) in [5.74, 6) is -1.71. The van der Waals surface area contributed by atoms with Crippen molar-refractivity contribution in [1.29, 1.82) is 0 Å². The second-order valence-electron chi connectivity index (χ2n) is 5.55. The van der Waals surface area contributed by atoms with Gasteiger partial charge in [-0.2, -0.15) is 0 Å². The Morgan fingerprint density at radius 1 is 1.16 bits per heavy atom.